The molecule has 3 unspecified atom stereocenters. The quantitative estimate of drug-likeness (QED) is 0.762. The summed E-state index contributed by atoms with van der Waals surface area (Å²) >= 11 is 0. The second-order valence-electron chi connectivity index (χ2n) is 11.2. The summed E-state index contributed by atoms with van der Waals surface area (Å²) in [7, 11) is 0. The van der Waals surface area contributed by atoms with E-state index >= 15 is 0 Å². The maximum Gasteiger partial charge on any atom is 0.156 e. The number of ketones is 1. The zero-order chi connectivity index (χ0) is 20.2. The summed E-state index contributed by atoms with van der Waals surface area (Å²) in [5.74, 6) is 7.34. The van der Waals surface area contributed by atoms with E-state index in [9.17, 15) is 9.90 Å². The lowest BCUT2D eigenvalue weighted by molar-refractivity contribution is -0.132. The predicted octanol–water partition coefficient (Wildman–Crippen LogP) is 4.55. The van der Waals surface area contributed by atoms with Crippen LogP contribution in [-0.4, -0.2) is 33.8 Å². The van der Waals surface area contributed by atoms with Gasteiger partial charge in [-0.1, -0.05) is 6.92 Å². The molecule has 29 heavy (non-hydrogen) atoms. The number of fused-ring (bicyclic) bond motifs is 5. The highest BCUT2D eigenvalue weighted by Gasteiger charge is 2.58. The van der Waals surface area contributed by atoms with Gasteiger partial charge < -0.3 is 10.0 Å². The molecule has 0 radical (unpaired) electrons. The lowest BCUT2D eigenvalue weighted by Crippen LogP contribution is -2.51. The number of aliphatic hydroxyl groups is 1. The molecule has 1 N–H and O–H groups in total. The van der Waals surface area contributed by atoms with E-state index < -0.39 is 5.60 Å². The van der Waals surface area contributed by atoms with Gasteiger partial charge in [-0.05, 0) is 99.7 Å². The Balaban J connectivity index is 1.30. The summed E-state index contributed by atoms with van der Waals surface area (Å²) in [5, 5.41) is 10.6. The number of carbonyl (C=O) groups is 1. The molecule has 158 valence electrons. The topological polar surface area (TPSA) is 52.9 Å². The first-order valence-corrected chi connectivity index (χ1v) is 11.8. The van der Waals surface area contributed by atoms with E-state index in [1.54, 1.807) is 12.4 Å². The minimum Gasteiger partial charge on any atom is -0.390 e. The molecular formula is C25H36N2O2. The molecule has 4 nitrogen and oxygen atoms in total. The van der Waals surface area contributed by atoms with Crippen LogP contribution in [0.25, 0.3) is 0 Å². The molecule has 0 amide bonds. The number of hydrogen-bond acceptors (Lipinski definition) is 4. The third kappa shape index (κ3) is 3.33. The number of hydrogen-bond donors (Lipinski definition) is 1. The van der Waals surface area contributed by atoms with E-state index in [1.165, 1.54) is 38.5 Å². The molecule has 0 aromatic carbocycles. The zero-order valence-corrected chi connectivity index (χ0v) is 18.0. The van der Waals surface area contributed by atoms with Crippen molar-refractivity contribution in [2.24, 2.45) is 45.9 Å². The fraction of sp³-hybridized carbons (Fsp3) is 0.800. The van der Waals surface area contributed by atoms with Crippen LogP contribution in [-0.2, 0) is 4.79 Å². The number of Topliss-reactive ketones (excluding diaryl/α,β-unsaturated/α-hetero) is 1. The third-order valence-corrected chi connectivity index (χ3v) is 9.59. The lowest BCUT2D eigenvalue weighted by atomic mass is 9.49. The molecule has 4 aliphatic carbocycles. The number of aliphatic imine (C=N–C) groups is 1. The summed E-state index contributed by atoms with van der Waals surface area (Å²) in [6.07, 6.45) is 16.0. The van der Waals surface area contributed by atoms with Gasteiger partial charge in [-0.3, -0.25) is 4.79 Å². The zero-order valence-electron chi connectivity index (χ0n) is 18.0. The van der Waals surface area contributed by atoms with Gasteiger partial charge in [0.2, 0.25) is 0 Å². The van der Waals surface area contributed by atoms with Crippen LogP contribution < -0.4 is 0 Å². The Morgan fingerprint density at radius 2 is 1.93 bits per heavy atom. The highest BCUT2D eigenvalue weighted by atomic mass is 16.3. The van der Waals surface area contributed by atoms with Crippen LogP contribution in [0.3, 0.4) is 0 Å². The van der Waals surface area contributed by atoms with Gasteiger partial charge in [0, 0.05) is 18.0 Å². The summed E-state index contributed by atoms with van der Waals surface area (Å²) in [5.41, 5.74) is -0.257. The molecule has 4 saturated carbocycles. The average molecular weight is 397 g/mol. The first-order valence-electron chi connectivity index (χ1n) is 11.8. The van der Waals surface area contributed by atoms with Crippen molar-refractivity contribution in [2.75, 3.05) is 6.54 Å². The molecule has 4 heteroatoms. The molecule has 0 bridgehead atoms. The maximum atomic E-state index is 13.3. The Labute approximate surface area is 175 Å². The van der Waals surface area contributed by atoms with E-state index in [4.69, 9.17) is 0 Å². The van der Waals surface area contributed by atoms with Crippen molar-refractivity contribution < 1.29 is 9.90 Å². The van der Waals surface area contributed by atoms with E-state index in [-0.39, 0.29) is 11.3 Å². The highest BCUT2D eigenvalue weighted by Crippen LogP contribution is 2.64. The van der Waals surface area contributed by atoms with E-state index in [0.717, 1.165) is 42.9 Å². The summed E-state index contributed by atoms with van der Waals surface area (Å²) in [6, 6.07) is 0. The first-order chi connectivity index (χ1) is 13.9. The molecule has 0 spiro atoms. The van der Waals surface area contributed by atoms with Crippen molar-refractivity contribution in [2.45, 2.75) is 77.2 Å². The van der Waals surface area contributed by atoms with Crippen LogP contribution in [0.1, 0.15) is 71.6 Å². The van der Waals surface area contributed by atoms with Gasteiger partial charge >= 0.3 is 0 Å². The van der Waals surface area contributed by atoms with Crippen LogP contribution in [0.2, 0.25) is 0 Å². The summed E-state index contributed by atoms with van der Waals surface area (Å²) in [4.78, 5) is 19.1. The fourth-order valence-electron chi connectivity index (χ4n) is 8.31. The Hall–Kier alpha value is -1.38. The van der Waals surface area contributed by atoms with Gasteiger partial charge in [0.25, 0.3) is 0 Å². The number of nitrogens with zero attached hydrogens (tertiary/aromatic N) is 2. The maximum absolute atomic E-state index is 13.3. The molecule has 5 rings (SSSR count). The SMILES string of the molecule is C[C@@]1(O)CC[C@@H]2C3CC[C@@]4(C)C(CC[C@@H]4C(=O)CN4C=C=NC=C4)C3CC[C@@H]2C1. The lowest BCUT2D eigenvalue weighted by Gasteiger charge is -2.56. The average Bonchev–Trinajstić information content (AvgIpc) is 3.05. The van der Waals surface area contributed by atoms with Crippen molar-refractivity contribution in [3.63, 3.8) is 0 Å². The second-order valence-corrected chi connectivity index (χ2v) is 11.2. The van der Waals surface area contributed by atoms with Crippen molar-refractivity contribution >= 4 is 11.7 Å². The van der Waals surface area contributed by atoms with Crippen molar-refractivity contribution in [3.8, 4) is 0 Å². The van der Waals surface area contributed by atoms with Gasteiger partial charge in [0.05, 0.1) is 24.5 Å². The monoisotopic (exact) mass is 396 g/mol. The number of carbonyl (C=O) groups excluding carboxylic acids is 1. The van der Waals surface area contributed by atoms with Crippen LogP contribution in [0.15, 0.2) is 23.6 Å². The molecule has 8 atom stereocenters. The molecule has 0 aromatic rings. The first kappa shape index (κ1) is 19.6. The van der Waals surface area contributed by atoms with Gasteiger partial charge in [-0.15, -0.1) is 0 Å². The summed E-state index contributed by atoms with van der Waals surface area (Å²) in [6.45, 7) is 4.93. The van der Waals surface area contributed by atoms with Gasteiger partial charge in [0.1, 0.15) is 0 Å². The molecule has 5 aliphatic rings. The standard InChI is InChI=1S/C25H36N2O2/c1-24(29)9-7-18-17(15-24)3-4-20-19(18)8-10-25(2)21(20)5-6-22(25)23(28)16-27-13-11-26-12-14-27/h11,13-14,17-22,29H,3-10,15-16H2,1-2H3/t17-,18+,19?,20?,21?,22-,24-,25+/m1/s1. The van der Waals surface area contributed by atoms with Crippen molar-refractivity contribution in [1.82, 2.24) is 4.90 Å². The minimum atomic E-state index is -0.440. The van der Waals surface area contributed by atoms with Crippen LogP contribution in [0, 0.1) is 40.9 Å². The largest absolute Gasteiger partial charge is 0.390 e. The van der Waals surface area contributed by atoms with E-state index in [1.807, 2.05) is 18.0 Å². The van der Waals surface area contributed by atoms with Crippen LogP contribution in [0.4, 0.5) is 0 Å². The smallest absolute Gasteiger partial charge is 0.156 e. The van der Waals surface area contributed by atoms with Crippen molar-refractivity contribution in [3.05, 3.63) is 18.6 Å². The Kier molecular flexibility index (Phi) is 4.79. The Bertz CT molecular complexity index is 765. The Morgan fingerprint density at radius 1 is 1.10 bits per heavy atom. The van der Waals surface area contributed by atoms with Gasteiger partial charge in [0.15, 0.2) is 5.78 Å². The van der Waals surface area contributed by atoms with E-state index in [2.05, 4.69) is 17.8 Å². The second kappa shape index (κ2) is 7.10. The predicted molar refractivity (Wildman–Crippen MR) is 114 cm³/mol. The fourth-order valence-corrected chi connectivity index (χ4v) is 8.31. The molecule has 0 aromatic heterocycles. The van der Waals surface area contributed by atoms with Gasteiger partial charge in [-0.25, -0.2) is 4.99 Å². The van der Waals surface area contributed by atoms with Gasteiger partial charge in [-0.2, -0.15) is 0 Å². The summed E-state index contributed by atoms with van der Waals surface area (Å²) < 4.78 is 0. The van der Waals surface area contributed by atoms with E-state index in [0.29, 0.717) is 18.2 Å². The van der Waals surface area contributed by atoms with Crippen molar-refractivity contribution in [1.29, 1.82) is 0 Å². The molecule has 1 aliphatic heterocycles. The normalized spacial score (nSPS) is 48.2. The number of rotatable bonds is 3. The Morgan fingerprint density at radius 3 is 2.72 bits per heavy atom. The van der Waals surface area contributed by atoms with Crippen LogP contribution >= 0.6 is 0 Å². The highest BCUT2D eigenvalue weighted by molar-refractivity contribution is 5.84. The third-order valence-electron chi connectivity index (χ3n) is 9.59. The molecule has 0 saturated heterocycles. The van der Waals surface area contributed by atoms with Crippen LogP contribution in [0.5, 0.6) is 0 Å². The molecule has 1 heterocycles. The molecule has 4 fully saturated rings. The minimum absolute atomic E-state index is 0.183. The molecular weight excluding hydrogens is 360 g/mol.